The molecule has 0 atom stereocenters. The van der Waals surface area contributed by atoms with Gasteiger partial charge in [0.05, 0.1) is 6.61 Å². The van der Waals surface area contributed by atoms with Crippen molar-refractivity contribution < 1.29 is 9.53 Å². The summed E-state index contributed by atoms with van der Waals surface area (Å²) in [6.07, 6.45) is 5.67. The Morgan fingerprint density at radius 3 is 2.77 bits per heavy atom. The fourth-order valence-corrected chi connectivity index (χ4v) is 4.91. The van der Waals surface area contributed by atoms with Crippen molar-refractivity contribution in [1.29, 1.82) is 0 Å². The van der Waals surface area contributed by atoms with Crippen LogP contribution in [0.3, 0.4) is 0 Å². The largest absolute Gasteiger partial charge is 0.494 e. The van der Waals surface area contributed by atoms with E-state index >= 15 is 0 Å². The predicted molar refractivity (Wildman–Crippen MR) is 160 cm³/mol. The van der Waals surface area contributed by atoms with Gasteiger partial charge in [-0.3, -0.25) is 14.2 Å². The summed E-state index contributed by atoms with van der Waals surface area (Å²) in [4.78, 5) is 39.4. The Labute approximate surface area is 233 Å². The standard InChI is InChI=1S/C31H34N6O3/c1-4-28(38)36(26-14-7-6-11-22(26)2)17-16-35(3)27-19-23-21-32-31-33-24-12-10-13-25(20-24)40-18-9-5-8-15-37(30(27)39)29(23)34-31/h4,6-7,10-14,19-21H,1,5,8-9,15-18H2,2-3H3,(H,32,33,34). The van der Waals surface area contributed by atoms with E-state index in [1.807, 2.05) is 73.5 Å². The Morgan fingerprint density at radius 2 is 1.95 bits per heavy atom. The highest BCUT2D eigenvalue weighted by atomic mass is 16.5. The van der Waals surface area contributed by atoms with Gasteiger partial charge >= 0.3 is 0 Å². The third-order valence-electron chi connectivity index (χ3n) is 7.11. The highest BCUT2D eigenvalue weighted by Crippen LogP contribution is 2.24. The summed E-state index contributed by atoms with van der Waals surface area (Å²) in [6.45, 7) is 7.63. The Morgan fingerprint density at radius 1 is 1.10 bits per heavy atom. The van der Waals surface area contributed by atoms with E-state index in [1.54, 1.807) is 15.7 Å². The number of amides is 1. The molecule has 0 unspecified atom stereocenters. The number of nitrogens with one attached hydrogen (secondary N) is 1. The molecule has 4 aromatic rings. The van der Waals surface area contributed by atoms with Gasteiger partial charge in [0.2, 0.25) is 11.9 Å². The van der Waals surface area contributed by atoms with Crippen LogP contribution in [0.1, 0.15) is 24.8 Å². The Kier molecular flexibility index (Phi) is 8.10. The fraction of sp³-hybridized carbons (Fsp3) is 0.290. The molecule has 0 spiro atoms. The summed E-state index contributed by atoms with van der Waals surface area (Å²) in [5, 5.41) is 4.01. The lowest BCUT2D eigenvalue weighted by Gasteiger charge is -2.27. The van der Waals surface area contributed by atoms with E-state index in [1.165, 1.54) is 6.08 Å². The SMILES string of the molecule is C=CC(=O)N(CCN(C)c1cc2cnc3nc2n(c1=O)CCCCCOc1cccc(c1)N3)c1ccccc1C. The quantitative estimate of drug-likeness (QED) is 0.343. The summed E-state index contributed by atoms with van der Waals surface area (Å²) in [6, 6.07) is 17.3. The van der Waals surface area contributed by atoms with Crippen LogP contribution in [0, 0.1) is 6.92 Å². The molecule has 0 radical (unpaired) electrons. The van der Waals surface area contributed by atoms with E-state index in [4.69, 9.17) is 9.72 Å². The summed E-state index contributed by atoms with van der Waals surface area (Å²) < 4.78 is 7.64. The monoisotopic (exact) mass is 538 g/mol. The number of carbonyl (C=O) groups excluding carboxylic acids is 1. The summed E-state index contributed by atoms with van der Waals surface area (Å²) >= 11 is 0. The van der Waals surface area contributed by atoms with Crippen LogP contribution in [0.4, 0.5) is 23.0 Å². The molecule has 40 heavy (non-hydrogen) atoms. The van der Waals surface area contributed by atoms with E-state index in [2.05, 4.69) is 16.9 Å². The first-order valence-corrected chi connectivity index (χ1v) is 13.6. The number of hydrogen-bond acceptors (Lipinski definition) is 7. The zero-order valence-corrected chi connectivity index (χ0v) is 23.0. The van der Waals surface area contributed by atoms with Gasteiger partial charge in [-0.05, 0) is 62.1 Å². The van der Waals surface area contributed by atoms with Crippen molar-refractivity contribution >= 4 is 40.0 Å². The third kappa shape index (κ3) is 5.83. The number of hydrogen-bond donors (Lipinski definition) is 1. The number of rotatable bonds is 6. The van der Waals surface area contributed by atoms with Crippen LogP contribution in [0.2, 0.25) is 0 Å². The molecule has 9 nitrogen and oxygen atoms in total. The number of likely N-dealkylation sites (N-methyl/N-ethyl adjacent to an activating group) is 1. The van der Waals surface area contributed by atoms with Gasteiger partial charge in [-0.1, -0.05) is 30.8 Å². The Balaban J connectivity index is 1.47. The number of nitrogens with zero attached hydrogens (tertiary/aromatic N) is 5. The van der Waals surface area contributed by atoms with Gasteiger partial charge in [0.1, 0.15) is 17.1 Å². The van der Waals surface area contributed by atoms with Crippen LogP contribution < -0.4 is 25.4 Å². The topological polar surface area (TPSA) is 92.6 Å². The molecule has 2 aromatic heterocycles. The summed E-state index contributed by atoms with van der Waals surface area (Å²) in [5.74, 6) is 1.02. The van der Waals surface area contributed by atoms with Gasteiger partial charge in [-0.2, -0.15) is 4.98 Å². The molecule has 4 bridgehead atoms. The zero-order valence-electron chi connectivity index (χ0n) is 23.0. The van der Waals surface area contributed by atoms with E-state index < -0.39 is 0 Å². The molecular formula is C31H34N6O3. The molecular weight excluding hydrogens is 504 g/mol. The molecule has 1 amide bonds. The molecule has 0 fully saturated rings. The molecule has 1 aliphatic heterocycles. The average molecular weight is 539 g/mol. The number of pyridine rings is 1. The maximum Gasteiger partial charge on any atom is 0.275 e. The molecule has 2 aromatic carbocycles. The lowest BCUT2D eigenvalue weighted by atomic mass is 10.1. The number of carbonyl (C=O) groups is 1. The lowest BCUT2D eigenvalue weighted by molar-refractivity contribution is -0.114. The number of fused-ring (bicyclic) bond motifs is 3. The molecule has 0 saturated carbocycles. The van der Waals surface area contributed by atoms with Gasteiger partial charge < -0.3 is 19.9 Å². The van der Waals surface area contributed by atoms with Crippen LogP contribution in [-0.4, -0.2) is 47.2 Å². The van der Waals surface area contributed by atoms with Crippen LogP contribution in [0.25, 0.3) is 11.0 Å². The first-order valence-electron chi connectivity index (χ1n) is 13.6. The van der Waals surface area contributed by atoms with Crippen molar-refractivity contribution in [2.75, 3.05) is 41.9 Å². The highest BCUT2D eigenvalue weighted by molar-refractivity contribution is 6.01. The minimum Gasteiger partial charge on any atom is -0.494 e. The maximum atomic E-state index is 13.8. The molecule has 0 aliphatic carbocycles. The van der Waals surface area contributed by atoms with Gasteiger partial charge in [0.15, 0.2) is 0 Å². The number of aromatic nitrogens is 3. The Bertz CT molecular complexity index is 1600. The fourth-order valence-electron chi connectivity index (χ4n) is 4.91. The zero-order chi connectivity index (χ0) is 28.1. The third-order valence-corrected chi connectivity index (χ3v) is 7.11. The molecule has 1 N–H and O–H groups in total. The molecule has 5 rings (SSSR count). The van der Waals surface area contributed by atoms with E-state index in [-0.39, 0.29) is 11.5 Å². The minimum atomic E-state index is -0.185. The van der Waals surface area contributed by atoms with E-state index in [9.17, 15) is 9.59 Å². The van der Waals surface area contributed by atoms with Crippen LogP contribution in [0.15, 0.2) is 78.2 Å². The molecule has 1 aliphatic rings. The van der Waals surface area contributed by atoms with Crippen molar-refractivity contribution in [1.82, 2.24) is 14.5 Å². The molecule has 9 heteroatoms. The second-order valence-corrected chi connectivity index (χ2v) is 9.92. The van der Waals surface area contributed by atoms with Crippen LogP contribution in [0.5, 0.6) is 5.75 Å². The Hall–Kier alpha value is -4.66. The number of aryl methyl sites for hydroxylation is 2. The maximum absolute atomic E-state index is 13.8. The first kappa shape index (κ1) is 26.9. The normalized spacial score (nSPS) is 13.2. The number of benzene rings is 2. The van der Waals surface area contributed by atoms with Crippen molar-refractivity contribution in [3.05, 3.63) is 89.4 Å². The van der Waals surface area contributed by atoms with E-state index in [0.29, 0.717) is 43.5 Å². The van der Waals surface area contributed by atoms with E-state index in [0.717, 1.165) is 47.3 Å². The predicted octanol–water partition coefficient (Wildman–Crippen LogP) is 5.06. The van der Waals surface area contributed by atoms with Crippen molar-refractivity contribution in [3.63, 3.8) is 0 Å². The molecule has 3 heterocycles. The van der Waals surface area contributed by atoms with Crippen molar-refractivity contribution in [2.45, 2.75) is 32.7 Å². The number of ether oxygens (including phenoxy) is 1. The smallest absolute Gasteiger partial charge is 0.275 e. The van der Waals surface area contributed by atoms with Crippen LogP contribution in [-0.2, 0) is 11.3 Å². The van der Waals surface area contributed by atoms with Crippen LogP contribution >= 0.6 is 0 Å². The molecule has 0 saturated heterocycles. The number of para-hydroxylation sites is 1. The van der Waals surface area contributed by atoms with Gasteiger partial charge in [-0.25, -0.2) is 4.98 Å². The van der Waals surface area contributed by atoms with Crippen molar-refractivity contribution in [2.24, 2.45) is 0 Å². The van der Waals surface area contributed by atoms with Gasteiger partial charge in [-0.15, -0.1) is 0 Å². The minimum absolute atomic E-state index is 0.123. The molecule has 206 valence electrons. The number of anilines is 4. The first-order chi connectivity index (χ1) is 19.4. The highest BCUT2D eigenvalue weighted by Gasteiger charge is 2.19. The second kappa shape index (κ2) is 12.0. The second-order valence-electron chi connectivity index (χ2n) is 9.92. The summed E-state index contributed by atoms with van der Waals surface area (Å²) in [5.41, 5.74) is 3.63. The van der Waals surface area contributed by atoms with Gasteiger partial charge in [0, 0.05) is 55.7 Å². The van der Waals surface area contributed by atoms with Gasteiger partial charge in [0.25, 0.3) is 5.56 Å². The van der Waals surface area contributed by atoms with Crippen molar-refractivity contribution in [3.8, 4) is 5.75 Å². The lowest BCUT2D eigenvalue weighted by Crippen LogP contribution is -2.39. The summed E-state index contributed by atoms with van der Waals surface area (Å²) in [7, 11) is 1.87. The average Bonchev–Trinajstić information content (AvgIpc) is 2.96.